The average molecular weight is 274 g/mol. The van der Waals surface area contributed by atoms with Crippen molar-refractivity contribution < 1.29 is 9.13 Å². The van der Waals surface area contributed by atoms with Gasteiger partial charge in [0.2, 0.25) is 5.88 Å². The van der Waals surface area contributed by atoms with Crippen LogP contribution in [0.4, 0.5) is 4.39 Å². The van der Waals surface area contributed by atoms with E-state index in [0.717, 1.165) is 29.8 Å². The van der Waals surface area contributed by atoms with E-state index in [4.69, 9.17) is 4.74 Å². The lowest BCUT2D eigenvalue weighted by molar-refractivity contribution is 0.395. The number of pyridine rings is 1. The van der Waals surface area contributed by atoms with Gasteiger partial charge >= 0.3 is 0 Å². The molecule has 106 valence electrons. The fourth-order valence-corrected chi connectivity index (χ4v) is 2.05. The van der Waals surface area contributed by atoms with Gasteiger partial charge in [-0.25, -0.2) is 9.37 Å². The van der Waals surface area contributed by atoms with Crippen LogP contribution in [0.25, 0.3) is 0 Å². The topological polar surface area (TPSA) is 34.1 Å². The summed E-state index contributed by atoms with van der Waals surface area (Å²) >= 11 is 0. The van der Waals surface area contributed by atoms with Gasteiger partial charge in [-0.2, -0.15) is 0 Å². The van der Waals surface area contributed by atoms with E-state index in [2.05, 4.69) is 10.3 Å². The molecule has 20 heavy (non-hydrogen) atoms. The Labute approximate surface area is 118 Å². The molecule has 1 heterocycles. The van der Waals surface area contributed by atoms with E-state index in [1.165, 1.54) is 6.07 Å². The minimum atomic E-state index is -0.181. The van der Waals surface area contributed by atoms with Crippen LogP contribution in [-0.2, 0) is 13.0 Å². The van der Waals surface area contributed by atoms with E-state index in [0.29, 0.717) is 12.4 Å². The summed E-state index contributed by atoms with van der Waals surface area (Å²) in [6.07, 6.45) is 0.871. The predicted octanol–water partition coefficient (Wildman–Crippen LogP) is 2.87. The smallest absolute Gasteiger partial charge is 0.213 e. The van der Waals surface area contributed by atoms with Gasteiger partial charge in [-0.3, -0.25) is 0 Å². The summed E-state index contributed by atoms with van der Waals surface area (Å²) in [6, 6.07) is 10.6. The molecular weight excluding hydrogens is 255 g/mol. The second kappa shape index (κ2) is 7.01. The van der Waals surface area contributed by atoms with Gasteiger partial charge in [-0.1, -0.05) is 12.1 Å². The zero-order chi connectivity index (χ0) is 14.4. The minimum Gasteiger partial charge on any atom is -0.481 e. The van der Waals surface area contributed by atoms with Crippen molar-refractivity contribution >= 4 is 0 Å². The van der Waals surface area contributed by atoms with Gasteiger partial charge in [-0.05, 0) is 49.2 Å². The Hall–Kier alpha value is -1.94. The van der Waals surface area contributed by atoms with Crippen LogP contribution in [0.3, 0.4) is 0 Å². The molecule has 0 aliphatic carbocycles. The van der Waals surface area contributed by atoms with E-state index in [1.807, 2.05) is 31.2 Å². The van der Waals surface area contributed by atoms with Crippen LogP contribution < -0.4 is 10.1 Å². The van der Waals surface area contributed by atoms with E-state index in [-0.39, 0.29) is 5.82 Å². The number of aromatic nitrogens is 1. The molecular formula is C16H19FN2O. The lowest BCUT2D eigenvalue weighted by Gasteiger charge is -2.08. The number of methoxy groups -OCH3 is 1. The Morgan fingerprint density at radius 1 is 1.25 bits per heavy atom. The van der Waals surface area contributed by atoms with Gasteiger partial charge in [-0.15, -0.1) is 0 Å². The number of rotatable bonds is 6. The highest BCUT2D eigenvalue weighted by molar-refractivity contribution is 5.26. The monoisotopic (exact) mass is 274 g/mol. The third-order valence-electron chi connectivity index (χ3n) is 3.17. The van der Waals surface area contributed by atoms with Gasteiger partial charge in [0.05, 0.1) is 12.8 Å². The van der Waals surface area contributed by atoms with Gasteiger partial charge in [0.15, 0.2) is 0 Å². The first kappa shape index (κ1) is 14.5. The van der Waals surface area contributed by atoms with Gasteiger partial charge in [0, 0.05) is 12.6 Å². The third kappa shape index (κ3) is 4.03. The van der Waals surface area contributed by atoms with Crippen LogP contribution in [0, 0.1) is 12.7 Å². The van der Waals surface area contributed by atoms with Gasteiger partial charge in [0.1, 0.15) is 5.82 Å². The van der Waals surface area contributed by atoms with Crippen LogP contribution >= 0.6 is 0 Å². The van der Waals surface area contributed by atoms with Crippen LogP contribution in [-0.4, -0.2) is 18.6 Å². The molecule has 0 fully saturated rings. The minimum absolute atomic E-state index is 0.181. The quantitative estimate of drug-likeness (QED) is 0.822. The Bertz CT molecular complexity index is 572. The lowest BCUT2D eigenvalue weighted by Crippen LogP contribution is -2.17. The molecule has 0 aliphatic heterocycles. The Balaban J connectivity index is 1.81. The van der Waals surface area contributed by atoms with Crippen molar-refractivity contribution in [1.82, 2.24) is 10.3 Å². The summed E-state index contributed by atoms with van der Waals surface area (Å²) in [7, 11) is 1.61. The highest BCUT2D eigenvalue weighted by Gasteiger charge is 2.01. The lowest BCUT2D eigenvalue weighted by atomic mass is 10.1. The highest BCUT2D eigenvalue weighted by Crippen LogP contribution is 2.10. The summed E-state index contributed by atoms with van der Waals surface area (Å²) in [4.78, 5) is 4.33. The summed E-state index contributed by atoms with van der Waals surface area (Å²) in [5, 5.41) is 3.33. The molecule has 0 aliphatic rings. The van der Waals surface area contributed by atoms with Crippen LogP contribution in [0.5, 0.6) is 5.88 Å². The normalized spacial score (nSPS) is 10.6. The van der Waals surface area contributed by atoms with E-state index in [9.17, 15) is 4.39 Å². The van der Waals surface area contributed by atoms with E-state index >= 15 is 0 Å². The maximum atomic E-state index is 13.0. The highest BCUT2D eigenvalue weighted by atomic mass is 19.1. The molecule has 4 heteroatoms. The summed E-state index contributed by atoms with van der Waals surface area (Å²) in [6.45, 7) is 3.45. The number of hydrogen-bond acceptors (Lipinski definition) is 3. The molecule has 0 amide bonds. The van der Waals surface area contributed by atoms with Crippen molar-refractivity contribution in [1.29, 1.82) is 0 Å². The maximum absolute atomic E-state index is 13.0. The first-order valence-electron chi connectivity index (χ1n) is 6.64. The van der Waals surface area contributed by atoms with Crippen molar-refractivity contribution in [3.05, 3.63) is 59.0 Å². The Morgan fingerprint density at radius 2 is 2.10 bits per heavy atom. The van der Waals surface area contributed by atoms with Crippen LogP contribution in [0.1, 0.15) is 16.8 Å². The number of benzene rings is 1. The largest absolute Gasteiger partial charge is 0.481 e. The van der Waals surface area contributed by atoms with Crippen LogP contribution in [0.2, 0.25) is 0 Å². The summed E-state index contributed by atoms with van der Waals surface area (Å²) in [5.41, 5.74) is 3.10. The maximum Gasteiger partial charge on any atom is 0.213 e. The molecule has 0 radical (unpaired) electrons. The molecule has 0 atom stereocenters. The average Bonchev–Trinajstić information content (AvgIpc) is 2.45. The molecule has 0 bridgehead atoms. The second-order valence-corrected chi connectivity index (χ2v) is 4.67. The standard InChI is InChI=1S/C16H19FN2O/c1-12-10-14(17)7-6-13(12)8-9-18-11-15-4-3-5-16(19-15)20-2/h3-7,10,18H,8-9,11H2,1-2H3. The molecule has 1 aromatic heterocycles. The second-order valence-electron chi connectivity index (χ2n) is 4.67. The summed E-state index contributed by atoms with van der Waals surface area (Å²) < 4.78 is 18.1. The molecule has 0 unspecified atom stereocenters. The molecule has 3 nitrogen and oxygen atoms in total. The van der Waals surface area contributed by atoms with Crippen molar-refractivity contribution in [3.63, 3.8) is 0 Å². The first-order chi connectivity index (χ1) is 9.69. The molecule has 1 aromatic carbocycles. The number of nitrogens with one attached hydrogen (secondary N) is 1. The summed E-state index contributed by atoms with van der Waals surface area (Å²) in [5.74, 6) is 0.443. The van der Waals surface area contributed by atoms with Gasteiger partial charge < -0.3 is 10.1 Å². The molecule has 2 aromatic rings. The fourth-order valence-electron chi connectivity index (χ4n) is 2.05. The molecule has 2 rings (SSSR count). The number of halogens is 1. The predicted molar refractivity (Wildman–Crippen MR) is 77.3 cm³/mol. The van der Waals surface area contributed by atoms with Crippen LogP contribution in [0.15, 0.2) is 36.4 Å². The van der Waals surface area contributed by atoms with E-state index < -0.39 is 0 Å². The fraction of sp³-hybridized carbons (Fsp3) is 0.312. The van der Waals surface area contributed by atoms with Gasteiger partial charge in [0.25, 0.3) is 0 Å². The molecule has 0 saturated heterocycles. The van der Waals surface area contributed by atoms with E-state index in [1.54, 1.807) is 13.2 Å². The number of hydrogen-bond donors (Lipinski definition) is 1. The number of aryl methyl sites for hydroxylation is 1. The van der Waals surface area contributed by atoms with Crippen molar-refractivity contribution in [2.45, 2.75) is 19.9 Å². The Kier molecular flexibility index (Phi) is 5.07. The third-order valence-corrected chi connectivity index (χ3v) is 3.17. The first-order valence-corrected chi connectivity index (χ1v) is 6.64. The molecule has 1 N–H and O–H groups in total. The molecule has 0 saturated carbocycles. The van der Waals surface area contributed by atoms with Crippen molar-refractivity contribution in [2.24, 2.45) is 0 Å². The molecule has 0 spiro atoms. The van der Waals surface area contributed by atoms with Crippen molar-refractivity contribution in [3.8, 4) is 5.88 Å². The van der Waals surface area contributed by atoms with Crippen molar-refractivity contribution in [2.75, 3.05) is 13.7 Å². The zero-order valence-electron chi connectivity index (χ0n) is 11.8. The Morgan fingerprint density at radius 3 is 2.85 bits per heavy atom. The number of nitrogens with zero attached hydrogens (tertiary/aromatic N) is 1. The SMILES string of the molecule is COc1cccc(CNCCc2ccc(F)cc2C)n1. The number of ether oxygens (including phenoxy) is 1. The zero-order valence-corrected chi connectivity index (χ0v) is 11.8.